The predicted octanol–water partition coefficient (Wildman–Crippen LogP) is 3.88. The zero-order valence-corrected chi connectivity index (χ0v) is 12.0. The van der Waals surface area contributed by atoms with Crippen LogP contribution in [0.4, 0.5) is 11.4 Å². The molecule has 0 bridgehead atoms. The normalized spacial score (nSPS) is 12.8. The molecule has 1 heterocycles. The lowest BCUT2D eigenvalue weighted by molar-refractivity contribution is 0.401. The van der Waals surface area contributed by atoms with Gasteiger partial charge in [-0.05, 0) is 51.3 Å². The summed E-state index contributed by atoms with van der Waals surface area (Å²) in [5.74, 6) is 1.88. The van der Waals surface area contributed by atoms with Gasteiger partial charge < -0.3 is 14.5 Å². The summed E-state index contributed by atoms with van der Waals surface area (Å²) < 4.78 is 5.98. The van der Waals surface area contributed by atoms with Crippen molar-refractivity contribution in [3.05, 3.63) is 48.5 Å². The lowest BCUT2D eigenvalue weighted by atomic mass is 10.1. The Labute approximate surface area is 120 Å². The van der Waals surface area contributed by atoms with E-state index in [9.17, 15) is 0 Å². The maximum absolute atomic E-state index is 5.98. The standard InChI is InChI=1S/C17H20N2O/c1-18(2)12-7-13-19-14-8-3-5-10-16(14)20-17-11-6-4-9-15(17)19/h3-6,8-11H,7,12-13H2,1-2H3. The van der Waals surface area contributed by atoms with Crippen molar-refractivity contribution in [1.82, 2.24) is 4.90 Å². The van der Waals surface area contributed by atoms with Crippen molar-refractivity contribution in [3.63, 3.8) is 0 Å². The molecular formula is C17H20N2O. The maximum atomic E-state index is 5.98. The van der Waals surface area contributed by atoms with Gasteiger partial charge in [0.05, 0.1) is 11.4 Å². The van der Waals surface area contributed by atoms with Crippen molar-refractivity contribution in [1.29, 1.82) is 0 Å². The zero-order chi connectivity index (χ0) is 13.9. The summed E-state index contributed by atoms with van der Waals surface area (Å²) in [4.78, 5) is 4.58. The van der Waals surface area contributed by atoms with Crippen LogP contribution in [0.2, 0.25) is 0 Å². The molecule has 3 heteroatoms. The van der Waals surface area contributed by atoms with E-state index in [0.29, 0.717) is 0 Å². The zero-order valence-electron chi connectivity index (χ0n) is 12.0. The number of benzene rings is 2. The Morgan fingerprint density at radius 2 is 1.45 bits per heavy atom. The van der Waals surface area contributed by atoms with Crippen molar-refractivity contribution < 1.29 is 4.74 Å². The highest BCUT2D eigenvalue weighted by Gasteiger charge is 2.22. The van der Waals surface area contributed by atoms with Gasteiger partial charge in [0.2, 0.25) is 0 Å². The summed E-state index contributed by atoms with van der Waals surface area (Å²) in [6, 6.07) is 16.5. The van der Waals surface area contributed by atoms with E-state index < -0.39 is 0 Å². The number of fused-ring (bicyclic) bond motifs is 2. The van der Waals surface area contributed by atoms with Gasteiger partial charge in [-0.3, -0.25) is 0 Å². The molecule has 0 radical (unpaired) electrons. The fourth-order valence-corrected chi connectivity index (χ4v) is 2.57. The molecule has 0 unspecified atom stereocenters. The third-order valence-corrected chi connectivity index (χ3v) is 3.52. The van der Waals surface area contributed by atoms with Gasteiger partial charge in [-0.25, -0.2) is 0 Å². The fraction of sp³-hybridized carbons (Fsp3) is 0.294. The molecule has 0 aromatic heterocycles. The molecule has 1 aliphatic heterocycles. The van der Waals surface area contributed by atoms with Gasteiger partial charge in [0, 0.05) is 6.54 Å². The summed E-state index contributed by atoms with van der Waals surface area (Å²) >= 11 is 0. The second-order valence-corrected chi connectivity index (χ2v) is 5.35. The van der Waals surface area contributed by atoms with Crippen LogP contribution in [0.5, 0.6) is 11.5 Å². The molecule has 2 aromatic rings. The van der Waals surface area contributed by atoms with Crippen LogP contribution in [0.25, 0.3) is 0 Å². The third-order valence-electron chi connectivity index (χ3n) is 3.52. The average molecular weight is 268 g/mol. The average Bonchev–Trinajstić information content (AvgIpc) is 2.46. The van der Waals surface area contributed by atoms with Crippen molar-refractivity contribution in [2.75, 3.05) is 32.1 Å². The number of anilines is 2. The van der Waals surface area contributed by atoms with Gasteiger partial charge in [0.1, 0.15) is 0 Å². The van der Waals surface area contributed by atoms with Gasteiger partial charge in [0.15, 0.2) is 11.5 Å². The largest absolute Gasteiger partial charge is 0.453 e. The van der Waals surface area contributed by atoms with Crippen molar-refractivity contribution in [3.8, 4) is 11.5 Å². The minimum atomic E-state index is 0.941. The van der Waals surface area contributed by atoms with Gasteiger partial charge in [0.25, 0.3) is 0 Å². The number of hydrogen-bond acceptors (Lipinski definition) is 3. The van der Waals surface area contributed by atoms with E-state index in [2.05, 4.69) is 48.2 Å². The molecule has 0 saturated heterocycles. The van der Waals surface area contributed by atoms with Crippen LogP contribution >= 0.6 is 0 Å². The molecule has 0 saturated carbocycles. The molecule has 0 fully saturated rings. The monoisotopic (exact) mass is 268 g/mol. The number of hydrogen-bond donors (Lipinski definition) is 0. The van der Waals surface area contributed by atoms with Crippen LogP contribution in [0.1, 0.15) is 6.42 Å². The van der Waals surface area contributed by atoms with Crippen molar-refractivity contribution in [2.45, 2.75) is 6.42 Å². The fourth-order valence-electron chi connectivity index (χ4n) is 2.57. The van der Waals surface area contributed by atoms with E-state index in [1.807, 2.05) is 24.3 Å². The minimum Gasteiger partial charge on any atom is -0.453 e. The first-order chi connectivity index (χ1) is 9.75. The molecule has 0 aliphatic carbocycles. The summed E-state index contributed by atoms with van der Waals surface area (Å²) in [6.07, 6.45) is 1.12. The Morgan fingerprint density at radius 3 is 2.00 bits per heavy atom. The Balaban J connectivity index is 1.91. The molecule has 3 nitrogen and oxygen atoms in total. The summed E-state index contributed by atoms with van der Waals surface area (Å²) in [6.45, 7) is 2.08. The highest BCUT2D eigenvalue weighted by molar-refractivity contribution is 5.77. The Kier molecular flexibility index (Phi) is 3.61. The molecule has 2 aromatic carbocycles. The van der Waals surface area contributed by atoms with Gasteiger partial charge in [-0.15, -0.1) is 0 Å². The first-order valence-corrected chi connectivity index (χ1v) is 7.04. The highest BCUT2D eigenvalue weighted by atomic mass is 16.5. The molecule has 0 amide bonds. The lowest BCUT2D eigenvalue weighted by Crippen LogP contribution is -2.25. The first kappa shape index (κ1) is 13.0. The van der Waals surface area contributed by atoms with E-state index in [4.69, 9.17) is 4.74 Å². The van der Waals surface area contributed by atoms with E-state index in [1.165, 1.54) is 0 Å². The number of rotatable bonds is 4. The van der Waals surface area contributed by atoms with Crippen molar-refractivity contribution >= 4 is 11.4 Å². The van der Waals surface area contributed by atoms with Crippen LogP contribution in [-0.4, -0.2) is 32.1 Å². The Bertz CT molecular complexity index is 550. The summed E-state index contributed by atoms with van der Waals surface area (Å²) in [5.41, 5.74) is 2.31. The SMILES string of the molecule is CN(C)CCCN1c2ccccc2Oc2ccccc21. The van der Waals surface area contributed by atoms with Crippen LogP contribution in [-0.2, 0) is 0 Å². The summed E-state index contributed by atoms with van der Waals surface area (Å²) in [7, 11) is 4.22. The predicted molar refractivity (Wildman–Crippen MR) is 83.1 cm³/mol. The molecule has 1 aliphatic rings. The Hall–Kier alpha value is -2.00. The number of nitrogens with zero attached hydrogens (tertiary/aromatic N) is 2. The summed E-state index contributed by atoms with van der Waals surface area (Å²) in [5, 5.41) is 0. The molecule has 0 spiro atoms. The molecular weight excluding hydrogens is 248 g/mol. The molecule has 3 rings (SSSR count). The second-order valence-electron chi connectivity index (χ2n) is 5.35. The Morgan fingerprint density at radius 1 is 0.900 bits per heavy atom. The molecule has 0 N–H and O–H groups in total. The van der Waals surface area contributed by atoms with Crippen LogP contribution in [0.15, 0.2) is 48.5 Å². The quantitative estimate of drug-likeness (QED) is 0.837. The number of ether oxygens (including phenoxy) is 1. The van der Waals surface area contributed by atoms with E-state index in [1.54, 1.807) is 0 Å². The van der Waals surface area contributed by atoms with E-state index in [0.717, 1.165) is 42.4 Å². The van der Waals surface area contributed by atoms with E-state index in [-0.39, 0.29) is 0 Å². The molecule has 0 atom stereocenters. The van der Waals surface area contributed by atoms with Crippen LogP contribution in [0, 0.1) is 0 Å². The first-order valence-electron chi connectivity index (χ1n) is 7.04. The second kappa shape index (κ2) is 5.55. The molecule has 20 heavy (non-hydrogen) atoms. The van der Waals surface area contributed by atoms with E-state index >= 15 is 0 Å². The lowest BCUT2D eigenvalue weighted by Gasteiger charge is -2.33. The topological polar surface area (TPSA) is 15.7 Å². The number of para-hydroxylation sites is 4. The van der Waals surface area contributed by atoms with Gasteiger partial charge >= 0.3 is 0 Å². The van der Waals surface area contributed by atoms with Gasteiger partial charge in [-0.2, -0.15) is 0 Å². The third kappa shape index (κ3) is 2.49. The van der Waals surface area contributed by atoms with Gasteiger partial charge in [-0.1, -0.05) is 24.3 Å². The molecule has 104 valence electrons. The minimum absolute atomic E-state index is 0.941. The van der Waals surface area contributed by atoms with Crippen LogP contribution in [0.3, 0.4) is 0 Å². The van der Waals surface area contributed by atoms with Crippen molar-refractivity contribution in [2.24, 2.45) is 0 Å². The smallest absolute Gasteiger partial charge is 0.151 e. The highest BCUT2D eigenvalue weighted by Crippen LogP contribution is 2.46. The maximum Gasteiger partial charge on any atom is 0.151 e. The van der Waals surface area contributed by atoms with Crippen LogP contribution < -0.4 is 9.64 Å².